The number of aromatic nitrogens is 2. The van der Waals surface area contributed by atoms with Crippen molar-refractivity contribution in [2.24, 2.45) is 17.4 Å². The summed E-state index contributed by atoms with van der Waals surface area (Å²) in [5, 5.41) is 60.7. The van der Waals surface area contributed by atoms with Gasteiger partial charge in [-0.15, -0.1) is 0 Å². The van der Waals surface area contributed by atoms with E-state index < -0.39 is 159 Å². The number of aliphatic carboxylic acids is 2. The Labute approximate surface area is 438 Å². The number of aliphatic hydroxyl groups excluding tert-OH is 2. The van der Waals surface area contributed by atoms with E-state index in [1.165, 1.54) is 0 Å². The summed E-state index contributed by atoms with van der Waals surface area (Å²) in [5.74, 6) is -13.3. The first-order valence-electron chi connectivity index (χ1n) is 23.9. The molecule has 0 saturated carbocycles. The van der Waals surface area contributed by atoms with Crippen molar-refractivity contribution >= 4 is 92.8 Å². The molecule has 29 nitrogen and oxygen atoms in total. The third-order valence-corrected chi connectivity index (χ3v) is 11.5. The second-order valence-corrected chi connectivity index (χ2v) is 18.0. The number of carbonyl (C=O) groups is 12. The molecular formula is C48H63N13O16. The molecule has 29 heteroatoms. The number of nitrogens with one attached hydrogen (secondary N) is 11. The standard InChI is InChI=1S/C48H63N13O16/c1-23(2)11-31(58-45(73)32(12-24-16-51-29-9-5-3-7-26(24)29)56-39(66)19-53-38(65)18-54-42(70)28(49)14-41(68)69)44(72)61-36(22-63)47(75)59-33(15-37(50)64)43(71)55-20-40(67)57-35(21-62)46(74)60-34(48(76)77)13-25-17-52-30-10-6-4-8-27(25)30/h3-10,16-17,23,28,31-36,51-52,62-63H,11-15,18-22,49H2,1-2H3,(H2,50,64)(H,53,65)(H,54,70)(H,55,71)(H,56,66)(H,57,67)(H,58,73)(H,59,75)(H,60,74)(H,61,72)(H,68,69)(H,76,77)/t28-,31-,32-,33-,34-,35-,36-/m0/s1. The minimum atomic E-state index is -1.84. The minimum absolute atomic E-state index is 0.0677. The quantitative estimate of drug-likeness (QED) is 0.0224. The Kier molecular flexibility index (Phi) is 23.0. The zero-order chi connectivity index (χ0) is 56.9. The van der Waals surface area contributed by atoms with Crippen LogP contribution in [0, 0.1) is 5.92 Å². The van der Waals surface area contributed by atoms with Gasteiger partial charge in [-0.25, -0.2) is 4.79 Å². The topological polar surface area (TPSA) is 478 Å². The van der Waals surface area contributed by atoms with Crippen LogP contribution in [0.1, 0.15) is 44.2 Å². The average molecular weight is 1080 g/mol. The number of aliphatic hydroxyl groups is 2. The normalized spacial score (nSPS) is 13.8. The molecule has 416 valence electrons. The molecule has 0 radical (unpaired) electrons. The van der Waals surface area contributed by atoms with E-state index in [-0.39, 0.29) is 25.2 Å². The number of hydrogen-bond donors (Lipinski definition) is 17. The number of H-pyrrole nitrogens is 2. The number of carboxylic acid groups (broad SMARTS) is 2. The summed E-state index contributed by atoms with van der Waals surface area (Å²) in [6, 6.07) is 2.93. The van der Waals surface area contributed by atoms with Gasteiger partial charge in [0, 0.05) is 47.0 Å². The van der Waals surface area contributed by atoms with Gasteiger partial charge in [0.2, 0.25) is 59.1 Å². The summed E-state index contributed by atoms with van der Waals surface area (Å²) in [4.78, 5) is 159. The number of fused-ring (bicyclic) bond motifs is 2. The van der Waals surface area contributed by atoms with E-state index >= 15 is 0 Å². The highest BCUT2D eigenvalue weighted by Gasteiger charge is 2.34. The van der Waals surface area contributed by atoms with Gasteiger partial charge in [-0.2, -0.15) is 0 Å². The maximum atomic E-state index is 14.1. The number of hydrogen-bond acceptors (Lipinski definition) is 15. The SMILES string of the molecule is CC(C)C[C@H](NC(=O)[C@H](Cc1c[nH]c2ccccc12)NC(=O)CNC(=O)CNC(=O)[C@@H](N)CC(=O)O)C(=O)N[C@@H](CO)C(=O)N[C@@H](CC(N)=O)C(=O)NCC(=O)N[C@@H](CO)C(=O)N[C@@H](Cc1c[nH]c2ccccc12)C(=O)O. The molecule has 0 saturated heterocycles. The predicted octanol–water partition coefficient (Wildman–Crippen LogP) is -5.52. The van der Waals surface area contributed by atoms with Crippen molar-refractivity contribution in [3.05, 3.63) is 72.1 Å². The third-order valence-electron chi connectivity index (χ3n) is 11.5. The Morgan fingerprint density at radius 3 is 1.45 bits per heavy atom. The lowest BCUT2D eigenvalue weighted by Crippen LogP contribution is -2.60. The zero-order valence-electron chi connectivity index (χ0n) is 41.8. The van der Waals surface area contributed by atoms with Crippen LogP contribution in [0.2, 0.25) is 0 Å². The number of amides is 10. The molecule has 4 aromatic rings. The Hall–Kier alpha value is -8.96. The molecule has 19 N–H and O–H groups in total. The van der Waals surface area contributed by atoms with Crippen LogP contribution in [-0.4, -0.2) is 177 Å². The fraction of sp³-hybridized carbons (Fsp3) is 0.417. The molecule has 0 spiro atoms. The van der Waals surface area contributed by atoms with E-state index in [4.69, 9.17) is 16.6 Å². The first kappa shape index (κ1) is 60.6. The highest BCUT2D eigenvalue weighted by Crippen LogP contribution is 2.21. The van der Waals surface area contributed by atoms with E-state index in [0.717, 1.165) is 5.52 Å². The Morgan fingerprint density at radius 2 is 0.935 bits per heavy atom. The van der Waals surface area contributed by atoms with Gasteiger partial charge >= 0.3 is 11.9 Å². The predicted molar refractivity (Wildman–Crippen MR) is 270 cm³/mol. The summed E-state index contributed by atoms with van der Waals surface area (Å²) < 4.78 is 0. The summed E-state index contributed by atoms with van der Waals surface area (Å²) in [6.45, 7) is -0.962. The molecule has 0 aliphatic heterocycles. The van der Waals surface area contributed by atoms with Gasteiger partial charge in [0.25, 0.3) is 0 Å². The maximum absolute atomic E-state index is 14.1. The van der Waals surface area contributed by atoms with Crippen molar-refractivity contribution in [3.63, 3.8) is 0 Å². The van der Waals surface area contributed by atoms with Crippen LogP contribution in [0.5, 0.6) is 0 Å². The average Bonchev–Trinajstić information content (AvgIpc) is 3.99. The van der Waals surface area contributed by atoms with Crippen molar-refractivity contribution in [2.75, 3.05) is 32.8 Å². The van der Waals surface area contributed by atoms with Gasteiger partial charge in [-0.05, 0) is 35.6 Å². The maximum Gasteiger partial charge on any atom is 0.326 e. The van der Waals surface area contributed by atoms with Crippen molar-refractivity contribution in [1.29, 1.82) is 0 Å². The zero-order valence-corrected chi connectivity index (χ0v) is 41.8. The molecule has 0 unspecified atom stereocenters. The number of primary amides is 1. The molecule has 7 atom stereocenters. The van der Waals surface area contributed by atoms with Gasteiger partial charge in [0.05, 0.1) is 51.7 Å². The van der Waals surface area contributed by atoms with E-state index in [2.05, 4.69) is 57.8 Å². The van der Waals surface area contributed by atoms with Crippen LogP contribution in [0.15, 0.2) is 60.9 Å². The Bertz CT molecular complexity index is 2810. The molecular weight excluding hydrogens is 1010 g/mol. The number of aromatic amines is 2. The molecule has 2 aromatic carbocycles. The molecule has 77 heavy (non-hydrogen) atoms. The number of carbonyl (C=O) groups excluding carboxylic acids is 10. The van der Waals surface area contributed by atoms with Crippen molar-refractivity contribution < 1.29 is 78.0 Å². The van der Waals surface area contributed by atoms with Crippen LogP contribution in [-0.2, 0) is 70.4 Å². The first-order valence-corrected chi connectivity index (χ1v) is 23.9. The van der Waals surface area contributed by atoms with Crippen LogP contribution in [0.3, 0.4) is 0 Å². The van der Waals surface area contributed by atoms with Crippen LogP contribution >= 0.6 is 0 Å². The lowest BCUT2D eigenvalue weighted by atomic mass is 10.0. The van der Waals surface area contributed by atoms with Gasteiger partial charge in [-0.3, -0.25) is 52.7 Å². The lowest BCUT2D eigenvalue weighted by Gasteiger charge is -2.26. The number of carboxylic acids is 2. The number of nitrogens with two attached hydrogens (primary N) is 2. The minimum Gasteiger partial charge on any atom is -0.481 e. The van der Waals surface area contributed by atoms with E-state index in [9.17, 15) is 72.9 Å². The van der Waals surface area contributed by atoms with E-state index in [0.29, 0.717) is 27.4 Å². The smallest absolute Gasteiger partial charge is 0.326 e. The largest absolute Gasteiger partial charge is 0.481 e. The fourth-order valence-corrected chi connectivity index (χ4v) is 7.64. The van der Waals surface area contributed by atoms with Crippen molar-refractivity contribution in [2.45, 2.75) is 88.2 Å². The molecule has 0 bridgehead atoms. The third kappa shape index (κ3) is 19.0. The molecule has 0 fully saturated rings. The van der Waals surface area contributed by atoms with Crippen LogP contribution in [0.4, 0.5) is 0 Å². The fourth-order valence-electron chi connectivity index (χ4n) is 7.64. The Balaban J connectivity index is 1.38. The van der Waals surface area contributed by atoms with Crippen molar-refractivity contribution in [3.8, 4) is 0 Å². The molecule has 0 aliphatic carbocycles. The monoisotopic (exact) mass is 1080 g/mol. The molecule has 10 amide bonds. The highest BCUT2D eigenvalue weighted by atomic mass is 16.4. The number of benzene rings is 2. The van der Waals surface area contributed by atoms with Crippen LogP contribution in [0.25, 0.3) is 21.8 Å². The van der Waals surface area contributed by atoms with Gasteiger partial charge in [0.1, 0.15) is 36.3 Å². The van der Waals surface area contributed by atoms with Crippen LogP contribution < -0.4 is 59.3 Å². The van der Waals surface area contributed by atoms with E-state index in [1.807, 2.05) is 0 Å². The van der Waals surface area contributed by atoms with Gasteiger partial charge in [0.15, 0.2) is 0 Å². The molecule has 0 aliphatic rings. The summed E-state index contributed by atoms with van der Waals surface area (Å²) in [7, 11) is 0. The lowest BCUT2D eigenvalue weighted by molar-refractivity contribution is -0.142. The molecule has 2 heterocycles. The van der Waals surface area contributed by atoms with E-state index in [1.54, 1.807) is 74.8 Å². The number of para-hydroxylation sites is 2. The van der Waals surface area contributed by atoms with Crippen molar-refractivity contribution in [1.82, 2.24) is 57.8 Å². The van der Waals surface area contributed by atoms with Gasteiger partial charge < -0.3 is 89.7 Å². The Morgan fingerprint density at radius 1 is 0.506 bits per heavy atom. The second-order valence-electron chi connectivity index (χ2n) is 18.0. The first-order chi connectivity index (χ1) is 36.5. The number of rotatable bonds is 31. The highest BCUT2D eigenvalue weighted by molar-refractivity contribution is 5.99. The summed E-state index contributed by atoms with van der Waals surface area (Å²) in [5.41, 5.74) is 13.4. The molecule has 4 rings (SSSR count). The summed E-state index contributed by atoms with van der Waals surface area (Å²) >= 11 is 0. The van der Waals surface area contributed by atoms with Gasteiger partial charge in [-0.1, -0.05) is 50.2 Å². The summed E-state index contributed by atoms with van der Waals surface area (Å²) in [6.07, 6.45) is 1.22. The second kappa shape index (κ2) is 29.2. The molecule has 2 aromatic heterocycles.